The average Bonchev–Trinajstić information content (AvgIpc) is 2.57. The highest BCUT2D eigenvalue weighted by molar-refractivity contribution is 7.99. The van der Waals surface area contributed by atoms with E-state index >= 15 is 0 Å². The van der Waals surface area contributed by atoms with Crippen molar-refractivity contribution < 1.29 is 9.47 Å². The van der Waals surface area contributed by atoms with Crippen molar-refractivity contribution in [2.24, 2.45) is 0 Å². The van der Waals surface area contributed by atoms with Crippen molar-refractivity contribution >= 4 is 11.8 Å². The predicted molar refractivity (Wildman–Crippen MR) is 92.6 cm³/mol. The molecule has 0 amide bonds. The summed E-state index contributed by atoms with van der Waals surface area (Å²) in [7, 11) is 0. The number of nitrogens with zero attached hydrogens (tertiary/aromatic N) is 1. The molecule has 0 bridgehead atoms. The maximum Gasteiger partial charge on any atom is 0.119 e. The van der Waals surface area contributed by atoms with E-state index in [1.165, 1.54) is 4.90 Å². The molecule has 1 aliphatic rings. The van der Waals surface area contributed by atoms with Crippen molar-refractivity contribution in [3.8, 4) is 17.6 Å². The Kier molecular flexibility index (Phi) is 8.26. The van der Waals surface area contributed by atoms with Crippen LogP contribution >= 0.6 is 11.8 Å². The van der Waals surface area contributed by atoms with Crippen molar-refractivity contribution in [1.29, 1.82) is 0 Å². The normalized spacial score (nSPS) is 15.1. The van der Waals surface area contributed by atoms with E-state index in [-0.39, 0.29) is 0 Å². The van der Waals surface area contributed by atoms with E-state index in [9.17, 15) is 0 Å². The lowest BCUT2D eigenvalue weighted by molar-refractivity contribution is 0.0443. The van der Waals surface area contributed by atoms with Crippen molar-refractivity contribution in [1.82, 2.24) is 4.90 Å². The van der Waals surface area contributed by atoms with Crippen LogP contribution in [-0.4, -0.2) is 50.1 Å². The molecule has 0 radical (unpaired) electrons. The molecule has 1 aliphatic heterocycles. The Bertz CT molecular complexity index is 472. The second-order valence-corrected chi connectivity index (χ2v) is 6.25. The molecule has 1 aromatic carbocycles. The molecule has 1 aromatic rings. The Balaban J connectivity index is 1.64. The lowest BCUT2D eigenvalue weighted by Crippen LogP contribution is -2.36. The van der Waals surface area contributed by atoms with E-state index in [0.29, 0.717) is 0 Å². The summed E-state index contributed by atoms with van der Waals surface area (Å²) in [5, 5.41) is 0. The molecule has 2 rings (SSSR count). The fourth-order valence-corrected chi connectivity index (χ4v) is 2.73. The number of ether oxygens (including phenoxy) is 2. The third-order valence-electron chi connectivity index (χ3n) is 3.43. The number of thioether (sulfide) groups is 1. The number of hydrogen-bond donors (Lipinski definition) is 0. The molecule has 4 heteroatoms. The number of hydrogen-bond acceptors (Lipinski definition) is 4. The van der Waals surface area contributed by atoms with Gasteiger partial charge in [-0.1, -0.05) is 25.2 Å². The maximum absolute atomic E-state index is 5.66. The fraction of sp³-hybridized carbons (Fsp3) is 0.556. The van der Waals surface area contributed by atoms with Crippen LogP contribution in [0, 0.1) is 11.8 Å². The first-order chi connectivity index (χ1) is 10.9. The van der Waals surface area contributed by atoms with E-state index in [4.69, 9.17) is 9.47 Å². The molecular weight excluding hydrogens is 294 g/mol. The Morgan fingerprint density at radius 1 is 1.18 bits per heavy atom. The van der Waals surface area contributed by atoms with Crippen LogP contribution in [0.1, 0.15) is 19.8 Å². The van der Waals surface area contributed by atoms with Gasteiger partial charge in [0.1, 0.15) is 5.75 Å². The standard InChI is InChI=1S/C18H25NO2S/c1-2-3-13-21-17-6-8-18(9-7-17)22-16-5-4-10-19-11-14-20-15-12-19/h6-9H,2-3,10-16H2,1H3. The van der Waals surface area contributed by atoms with Gasteiger partial charge in [-0.2, -0.15) is 0 Å². The van der Waals surface area contributed by atoms with Gasteiger partial charge in [0.05, 0.1) is 32.1 Å². The predicted octanol–water partition coefficient (Wildman–Crippen LogP) is 3.29. The molecule has 3 nitrogen and oxygen atoms in total. The van der Waals surface area contributed by atoms with Gasteiger partial charge in [-0.3, -0.25) is 4.90 Å². The van der Waals surface area contributed by atoms with Crippen LogP contribution in [0.15, 0.2) is 29.2 Å². The first-order valence-corrected chi connectivity index (χ1v) is 8.98. The lowest BCUT2D eigenvalue weighted by Gasteiger charge is -2.24. The quantitative estimate of drug-likeness (QED) is 0.437. The summed E-state index contributed by atoms with van der Waals surface area (Å²) in [6.07, 6.45) is 2.27. The van der Waals surface area contributed by atoms with E-state index in [1.54, 1.807) is 11.8 Å². The van der Waals surface area contributed by atoms with Crippen molar-refractivity contribution in [3.63, 3.8) is 0 Å². The van der Waals surface area contributed by atoms with Crippen LogP contribution in [0.2, 0.25) is 0 Å². The Labute approximate surface area is 138 Å². The zero-order chi connectivity index (χ0) is 15.5. The highest BCUT2D eigenvalue weighted by Crippen LogP contribution is 2.21. The summed E-state index contributed by atoms with van der Waals surface area (Å²) in [6.45, 7) is 7.50. The van der Waals surface area contributed by atoms with Crippen molar-refractivity contribution in [2.45, 2.75) is 24.7 Å². The molecule has 0 aromatic heterocycles. The van der Waals surface area contributed by atoms with E-state index < -0.39 is 0 Å². The minimum atomic E-state index is 0.802. The first kappa shape index (κ1) is 17.2. The fourth-order valence-electron chi connectivity index (χ4n) is 2.06. The van der Waals surface area contributed by atoms with Crippen LogP contribution in [0.3, 0.4) is 0 Å². The van der Waals surface area contributed by atoms with Gasteiger partial charge in [0.25, 0.3) is 0 Å². The van der Waals surface area contributed by atoms with Gasteiger partial charge in [-0.15, -0.1) is 11.8 Å². The minimum Gasteiger partial charge on any atom is -0.494 e. The summed E-state index contributed by atoms with van der Waals surface area (Å²) in [6, 6.07) is 8.30. The monoisotopic (exact) mass is 319 g/mol. The molecule has 0 N–H and O–H groups in total. The van der Waals surface area contributed by atoms with Crippen LogP contribution < -0.4 is 4.74 Å². The topological polar surface area (TPSA) is 21.7 Å². The van der Waals surface area contributed by atoms with E-state index in [1.807, 2.05) is 12.1 Å². The third-order valence-corrected chi connectivity index (χ3v) is 4.33. The molecule has 0 aliphatic carbocycles. The summed E-state index contributed by atoms with van der Waals surface area (Å²) >= 11 is 1.77. The molecule has 0 unspecified atom stereocenters. The molecule has 1 fully saturated rings. The molecular formula is C18H25NO2S. The van der Waals surface area contributed by atoms with Crippen LogP contribution in [0.4, 0.5) is 0 Å². The maximum atomic E-state index is 5.66. The van der Waals surface area contributed by atoms with E-state index in [2.05, 4.69) is 35.8 Å². The molecule has 1 heterocycles. The second-order valence-electron chi connectivity index (χ2n) is 5.20. The SMILES string of the molecule is CCCCOc1ccc(SCC#CCN2CCOCC2)cc1. The highest BCUT2D eigenvalue weighted by atomic mass is 32.2. The molecule has 1 saturated heterocycles. The van der Waals surface area contributed by atoms with Crippen LogP contribution in [0.25, 0.3) is 0 Å². The largest absolute Gasteiger partial charge is 0.494 e. The van der Waals surface area contributed by atoms with Gasteiger partial charge >= 0.3 is 0 Å². The Hall–Kier alpha value is -1.15. The summed E-state index contributed by atoms with van der Waals surface area (Å²) in [4.78, 5) is 3.58. The van der Waals surface area contributed by atoms with Crippen LogP contribution in [0.5, 0.6) is 5.75 Å². The molecule has 0 spiro atoms. The zero-order valence-corrected chi connectivity index (χ0v) is 14.2. The van der Waals surface area contributed by atoms with Crippen molar-refractivity contribution in [2.75, 3.05) is 45.2 Å². The lowest BCUT2D eigenvalue weighted by atomic mass is 10.3. The summed E-state index contributed by atoms with van der Waals surface area (Å²) in [5.41, 5.74) is 0. The van der Waals surface area contributed by atoms with Gasteiger partial charge in [0, 0.05) is 18.0 Å². The molecule has 22 heavy (non-hydrogen) atoms. The number of morpholine rings is 1. The van der Waals surface area contributed by atoms with E-state index in [0.717, 1.165) is 63.8 Å². The summed E-state index contributed by atoms with van der Waals surface area (Å²) in [5.74, 6) is 8.27. The van der Waals surface area contributed by atoms with Gasteiger partial charge in [-0.25, -0.2) is 0 Å². The Morgan fingerprint density at radius 3 is 2.68 bits per heavy atom. The average molecular weight is 319 g/mol. The van der Waals surface area contributed by atoms with Crippen LogP contribution in [-0.2, 0) is 4.74 Å². The number of benzene rings is 1. The van der Waals surface area contributed by atoms with Gasteiger partial charge in [0.2, 0.25) is 0 Å². The Morgan fingerprint density at radius 2 is 1.95 bits per heavy atom. The smallest absolute Gasteiger partial charge is 0.119 e. The molecule has 0 saturated carbocycles. The molecule has 0 atom stereocenters. The third kappa shape index (κ3) is 6.74. The van der Waals surface area contributed by atoms with Gasteiger partial charge in [-0.05, 0) is 30.7 Å². The minimum absolute atomic E-state index is 0.802. The van der Waals surface area contributed by atoms with Gasteiger partial charge in [0.15, 0.2) is 0 Å². The van der Waals surface area contributed by atoms with Crippen molar-refractivity contribution in [3.05, 3.63) is 24.3 Å². The van der Waals surface area contributed by atoms with Gasteiger partial charge < -0.3 is 9.47 Å². The highest BCUT2D eigenvalue weighted by Gasteiger charge is 2.07. The molecule has 120 valence electrons. The number of unbranched alkanes of at least 4 members (excludes halogenated alkanes) is 1. The number of rotatable bonds is 7. The zero-order valence-electron chi connectivity index (χ0n) is 13.3. The second kappa shape index (κ2) is 10.6. The first-order valence-electron chi connectivity index (χ1n) is 8.00. The summed E-state index contributed by atoms with van der Waals surface area (Å²) < 4.78 is 11.0.